The van der Waals surface area contributed by atoms with Crippen LogP contribution in [-0.2, 0) is 13.1 Å². The summed E-state index contributed by atoms with van der Waals surface area (Å²) in [6.45, 7) is 2.14. The van der Waals surface area contributed by atoms with E-state index < -0.39 is 5.97 Å². The fraction of sp³-hybridized carbons (Fsp3) is 0.231. The quantitative estimate of drug-likeness (QED) is 0.754. The molecule has 0 radical (unpaired) electrons. The molecule has 0 fully saturated rings. The van der Waals surface area contributed by atoms with Crippen LogP contribution < -0.4 is 5.32 Å². The highest BCUT2D eigenvalue weighted by atomic mass is 16.4. The van der Waals surface area contributed by atoms with Gasteiger partial charge in [-0.3, -0.25) is 0 Å². The number of aromatic nitrogens is 2. The molecule has 0 spiro atoms. The van der Waals surface area contributed by atoms with E-state index in [2.05, 4.69) is 10.3 Å². The van der Waals surface area contributed by atoms with Gasteiger partial charge in [-0.2, -0.15) is 0 Å². The second-order valence-corrected chi connectivity index (χ2v) is 3.94. The van der Waals surface area contributed by atoms with E-state index in [1.54, 1.807) is 24.7 Å². The number of hydrogen-bond acceptors (Lipinski definition) is 3. The summed E-state index contributed by atoms with van der Waals surface area (Å²) in [5, 5.41) is 12.3. The summed E-state index contributed by atoms with van der Waals surface area (Å²) < 4.78 is 1.97. The van der Waals surface area contributed by atoms with Crippen LogP contribution in [0.3, 0.4) is 0 Å². The second-order valence-electron chi connectivity index (χ2n) is 3.94. The van der Waals surface area contributed by atoms with Crippen LogP contribution in [0.25, 0.3) is 0 Å². The summed E-state index contributed by atoms with van der Waals surface area (Å²) in [6.07, 6.45) is 5.39. The number of nitrogens with one attached hydrogen (secondary N) is 1. The van der Waals surface area contributed by atoms with Gasteiger partial charge in [0.2, 0.25) is 0 Å². The van der Waals surface area contributed by atoms with Crippen LogP contribution >= 0.6 is 0 Å². The number of benzene rings is 1. The third-order valence-corrected chi connectivity index (χ3v) is 2.67. The molecule has 0 bridgehead atoms. The van der Waals surface area contributed by atoms with Crippen LogP contribution in [0.5, 0.6) is 0 Å². The van der Waals surface area contributed by atoms with Crippen molar-refractivity contribution in [3.8, 4) is 0 Å². The molecule has 2 aromatic rings. The van der Waals surface area contributed by atoms with E-state index in [-0.39, 0.29) is 0 Å². The lowest BCUT2D eigenvalue weighted by molar-refractivity contribution is 0.0695. The summed E-state index contributed by atoms with van der Waals surface area (Å²) in [5.74, 6) is -0.887. The van der Waals surface area contributed by atoms with Gasteiger partial charge in [0, 0.05) is 32.0 Å². The van der Waals surface area contributed by atoms with Crippen molar-refractivity contribution in [2.24, 2.45) is 0 Å². The summed E-state index contributed by atoms with van der Waals surface area (Å²) >= 11 is 0. The van der Waals surface area contributed by atoms with Crippen molar-refractivity contribution >= 4 is 5.97 Å². The first kappa shape index (κ1) is 12.3. The van der Waals surface area contributed by atoms with Crippen molar-refractivity contribution in [3.05, 3.63) is 54.1 Å². The van der Waals surface area contributed by atoms with Gasteiger partial charge in [-0.05, 0) is 11.6 Å². The normalized spacial score (nSPS) is 10.4. The monoisotopic (exact) mass is 245 g/mol. The predicted molar refractivity (Wildman–Crippen MR) is 67.3 cm³/mol. The molecule has 2 N–H and O–H groups in total. The van der Waals surface area contributed by atoms with E-state index >= 15 is 0 Å². The molecule has 0 amide bonds. The number of aromatic carboxylic acids is 1. The Morgan fingerprint density at radius 1 is 1.39 bits per heavy atom. The van der Waals surface area contributed by atoms with Gasteiger partial charge in [0.15, 0.2) is 0 Å². The van der Waals surface area contributed by atoms with Gasteiger partial charge in [0.25, 0.3) is 0 Å². The molecule has 1 aromatic heterocycles. The molecule has 0 saturated heterocycles. The topological polar surface area (TPSA) is 67.2 Å². The van der Waals surface area contributed by atoms with Gasteiger partial charge < -0.3 is 15.0 Å². The molecule has 0 aliphatic rings. The number of nitrogens with zero attached hydrogens (tertiary/aromatic N) is 2. The number of carbonyl (C=O) groups is 1. The van der Waals surface area contributed by atoms with Crippen LogP contribution in [0.4, 0.5) is 0 Å². The van der Waals surface area contributed by atoms with Crippen LogP contribution in [0.1, 0.15) is 15.9 Å². The third kappa shape index (κ3) is 3.18. The van der Waals surface area contributed by atoms with Gasteiger partial charge >= 0.3 is 5.97 Å². The van der Waals surface area contributed by atoms with Gasteiger partial charge in [-0.25, -0.2) is 9.78 Å². The SMILES string of the molecule is O=C(O)c1ccccc1CNCCn1ccnc1. The van der Waals surface area contributed by atoms with E-state index in [4.69, 9.17) is 5.11 Å². The Bertz CT molecular complexity index is 509. The summed E-state index contributed by atoms with van der Waals surface area (Å²) in [7, 11) is 0. The van der Waals surface area contributed by atoms with E-state index in [1.165, 1.54) is 0 Å². The van der Waals surface area contributed by atoms with Crippen molar-refractivity contribution < 1.29 is 9.90 Å². The fourth-order valence-electron chi connectivity index (χ4n) is 1.73. The molecule has 1 heterocycles. The zero-order chi connectivity index (χ0) is 12.8. The maximum absolute atomic E-state index is 11.0. The Balaban J connectivity index is 1.85. The molecule has 0 aliphatic heterocycles. The fourth-order valence-corrected chi connectivity index (χ4v) is 1.73. The molecule has 0 unspecified atom stereocenters. The molecule has 18 heavy (non-hydrogen) atoms. The molecule has 0 atom stereocenters. The Morgan fingerprint density at radius 3 is 2.94 bits per heavy atom. The van der Waals surface area contributed by atoms with Crippen molar-refractivity contribution in [2.75, 3.05) is 6.54 Å². The van der Waals surface area contributed by atoms with E-state index in [0.29, 0.717) is 12.1 Å². The minimum atomic E-state index is -0.887. The Morgan fingerprint density at radius 2 is 2.22 bits per heavy atom. The van der Waals surface area contributed by atoms with E-state index in [9.17, 15) is 4.79 Å². The van der Waals surface area contributed by atoms with Crippen molar-refractivity contribution in [1.29, 1.82) is 0 Å². The highest BCUT2D eigenvalue weighted by molar-refractivity contribution is 5.89. The van der Waals surface area contributed by atoms with Crippen molar-refractivity contribution in [1.82, 2.24) is 14.9 Å². The summed E-state index contributed by atoms with van der Waals surface area (Å²) in [4.78, 5) is 15.0. The standard InChI is InChI=1S/C13H15N3O2/c17-13(18)12-4-2-1-3-11(12)9-14-5-7-16-8-6-15-10-16/h1-4,6,8,10,14H,5,7,9H2,(H,17,18). The molecule has 0 saturated carbocycles. The van der Waals surface area contributed by atoms with Gasteiger partial charge in [0.05, 0.1) is 11.9 Å². The van der Waals surface area contributed by atoms with Crippen molar-refractivity contribution in [3.63, 3.8) is 0 Å². The molecule has 0 aliphatic carbocycles. The first-order valence-corrected chi connectivity index (χ1v) is 5.75. The Labute approximate surface area is 105 Å². The number of carboxylic acid groups (broad SMARTS) is 1. The lowest BCUT2D eigenvalue weighted by atomic mass is 10.1. The molecular formula is C13H15N3O2. The minimum Gasteiger partial charge on any atom is -0.478 e. The first-order chi connectivity index (χ1) is 8.77. The molecule has 94 valence electrons. The van der Waals surface area contributed by atoms with Crippen LogP contribution in [0.15, 0.2) is 43.0 Å². The van der Waals surface area contributed by atoms with Gasteiger partial charge in [0.1, 0.15) is 0 Å². The van der Waals surface area contributed by atoms with Crippen molar-refractivity contribution in [2.45, 2.75) is 13.1 Å². The molecule has 5 nitrogen and oxygen atoms in total. The van der Waals surface area contributed by atoms with Gasteiger partial charge in [-0.15, -0.1) is 0 Å². The number of rotatable bonds is 6. The van der Waals surface area contributed by atoms with E-state index in [0.717, 1.165) is 18.7 Å². The Hall–Kier alpha value is -2.14. The largest absolute Gasteiger partial charge is 0.478 e. The van der Waals surface area contributed by atoms with Gasteiger partial charge in [-0.1, -0.05) is 18.2 Å². The van der Waals surface area contributed by atoms with Crippen LogP contribution in [0, 0.1) is 0 Å². The maximum atomic E-state index is 11.0. The molecule has 1 aromatic carbocycles. The molecule has 2 rings (SSSR count). The summed E-state index contributed by atoms with van der Waals surface area (Å²) in [5.41, 5.74) is 1.16. The highest BCUT2D eigenvalue weighted by Gasteiger charge is 2.07. The lowest BCUT2D eigenvalue weighted by Crippen LogP contribution is -2.20. The second kappa shape index (κ2) is 5.97. The average Bonchev–Trinajstić information content (AvgIpc) is 2.88. The van der Waals surface area contributed by atoms with Crippen LogP contribution in [-0.4, -0.2) is 27.2 Å². The zero-order valence-electron chi connectivity index (χ0n) is 9.91. The third-order valence-electron chi connectivity index (χ3n) is 2.67. The maximum Gasteiger partial charge on any atom is 0.336 e. The highest BCUT2D eigenvalue weighted by Crippen LogP contribution is 2.08. The zero-order valence-corrected chi connectivity index (χ0v) is 9.91. The predicted octanol–water partition coefficient (Wildman–Crippen LogP) is 1.37. The summed E-state index contributed by atoms with van der Waals surface area (Å²) in [6, 6.07) is 7.03. The molecule has 5 heteroatoms. The Kier molecular flexibility index (Phi) is 4.09. The lowest BCUT2D eigenvalue weighted by Gasteiger charge is -2.08. The molecular weight excluding hydrogens is 230 g/mol. The number of carboxylic acids is 1. The number of hydrogen-bond donors (Lipinski definition) is 2. The minimum absolute atomic E-state index is 0.354. The number of imidazole rings is 1. The van der Waals surface area contributed by atoms with E-state index in [1.807, 2.05) is 22.9 Å². The smallest absolute Gasteiger partial charge is 0.336 e. The first-order valence-electron chi connectivity index (χ1n) is 5.75. The van der Waals surface area contributed by atoms with Crippen LogP contribution in [0.2, 0.25) is 0 Å². The average molecular weight is 245 g/mol.